The summed E-state index contributed by atoms with van der Waals surface area (Å²) in [6, 6.07) is 25.5. The summed E-state index contributed by atoms with van der Waals surface area (Å²) in [5.74, 6) is 1.90. The second kappa shape index (κ2) is 8.65. The molecule has 0 spiro atoms. The second-order valence-electron chi connectivity index (χ2n) is 8.08. The number of aliphatic imine (C=N–C) groups is 1. The molecule has 0 aromatic heterocycles. The first-order chi connectivity index (χ1) is 15.3. The number of benzene rings is 3. The molecule has 0 fully saturated rings. The van der Waals surface area contributed by atoms with Gasteiger partial charge in [0, 0.05) is 17.8 Å². The molecule has 3 nitrogen and oxygen atoms in total. The van der Waals surface area contributed by atoms with Gasteiger partial charge in [-0.15, -0.1) is 0 Å². The predicted molar refractivity (Wildman–Crippen MR) is 129 cm³/mol. The molecule has 0 bridgehead atoms. The zero-order valence-corrected chi connectivity index (χ0v) is 17.4. The smallest absolute Gasteiger partial charge is 0.119 e. The van der Waals surface area contributed by atoms with Gasteiger partial charge in [-0.2, -0.15) is 0 Å². The van der Waals surface area contributed by atoms with Crippen LogP contribution in [0.3, 0.4) is 0 Å². The minimum absolute atomic E-state index is 0.316. The fourth-order valence-electron chi connectivity index (χ4n) is 4.60. The molecule has 31 heavy (non-hydrogen) atoms. The van der Waals surface area contributed by atoms with Gasteiger partial charge in [0.25, 0.3) is 0 Å². The number of nitrogens with zero attached hydrogens (tertiary/aromatic N) is 1. The highest BCUT2D eigenvalue weighted by Gasteiger charge is 2.37. The van der Waals surface area contributed by atoms with Crippen LogP contribution >= 0.6 is 0 Å². The Kier molecular flexibility index (Phi) is 5.40. The monoisotopic (exact) mass is 406 g/mol. The van der Waals surface area contributed by atoms with Crippen molar-refractivity contribution in [3.05, 3.63) is 114 Å². The number of hydrogen-bond donors (Lipinski definition) is 1. The van der Waals surface area contributed by atoms with E-state index >= 15 is 0 Å². The van der Waals surface area contributed by atoms with E-state index in [-0.39, 0.29) is 0 Å². The molecule has 2 aliphatic rings. The molecule has 154 valence electrons. The maximum Gasteiger partial charge on any atom is 0.119 e. The summed E-state index contributed by atoms with van der Waals surface area (Å²) in [6.45, 7) is 4.18. The van der Waals surface area contributed by atoms with Crippen molar-refractivity contribution in [2.75, 3.05) is 11.9 Å². The summed E-state index contributed by atoms with van der Waals surface area (Å²) >= 11 is 0. The number of rotatable bonds is 6. The van der Waals surface area contributed by atoms with Gasteiger partial charge in [0.2, 0.25) is 0 Å². The zero-order chi connectivity index (χ0) is 21.0. The summed E-state index contributed by atoms with van der Waals surface area (Å²) in [7, 11) is 0. The van der Waals surface area contributed by atoms with Crippen LogP contribution in [0, 0.1) is 5.92 Å². The Morgan fingerprint density at radius 2 is 1.81 bits per heavy atom. The van der Waals surface area contributed by atoms with E-state index < -0.39 is 0 Å². The molecule has 0 unspecified atom stereocenters. The molecular weight excluding hydrogens is 380 g/mol. The van der Waals surface area contributed by atoms with Crippen molar-refractivity contribution < 1.29 is 4.74 Å². The number of allylic oxidation sites excluding steroid dienone is 2. The molecule has 3 aromatic carbocycles. The fraction of sp³-hybridized carbons (Fsp3) is 0.179. The molecule has 0 saturated carbocycles. The number of nitrogens with one attached hydrogen (secondary N) is 1. The normalized spacial score (nSPS) is 21.4. The van der Waals surface area contributed by atoms with Gasteiger partial charge in [0.15, 0.2) is 0 Å². The Balaban J connectivity index is 1.30. The van der Waals surface area contributed by atoms with Crippen molar-refractivity contribution in [3.8, 4) is 5.75 Å². The number of anilines is 1. The summed E-state index contributed by atoms with van der Waals surface area (Å²) in [5.41, 5.74) is 5.98. The summed E-state index contributed by atoms with van der Waals surface area (Å²) < 4.78 is 5.52. The topological polar surface area (TPSA) is 33.6 Å². The standard InChI is InChI=1S/C28H26N2O/c1-2-18-31-23-16-10-20(11-17-23)19-29-22-14-12-21(13-15-22)28-26-8-5-7-24(26)25-6-3-4-9-27(25)30-28/h2-7,9-17,19,24,26,28,30H,1,8,18H2/t24-,26-,28+/m1/s1. The van der Waals surface area contributed by atoms with Crippen LogP contribution in [0.5, 0.6) is 5.75 Å². The van der Waals surface area contributed by atoms with Gasteiger partial charge in [-0.05, 0) is 71.5 Å². The van der Waals surface area contributed by atoms with Crippen molar-refractivity contribution in [1.29, 1.82) is 0 Å². The van der Waals surface area contributed by atoms with E-state index in [0.29, 0.717) is 24.5 Å². The van der Waals surface area contributed by atoms with E-state index in [9.17, 15) is 0 Å². The van der Waals surface area contributed by atoms with Gasteiger partial charge in [0.1, 0.15) is 12.4 Å². The van der Waals surface area contributed by atoms with Gasteiger partial charge in [-0.3, -0.25) is 4.99 Å². The zero-order valence-electron chi connectivity index (χ0n) is 17.4. The van der Waals surface area contributed by atoms with Crippen LogP contribution in [0.25, 0.3) is 0 Å². The van der Waals surface area contributed by atoms with Crippen LogP contribution in [0.1, 0.15) is 35.1 Å². The van der Waals surface area contributed by atoms with Gasteiger partial charge in [-0.1, -0.05) is 55.1 Å². The lowest BCUT2D eigenvalue weighted by molar-refractivity contribution is 0.363. The minimum atomic E-state index is 0.316. The summed E-state index contributed by atoms with van der Waals surface area (Å²) in [4.78, 5) is 4.64. The molecule has 1 N–H and O–H groups in total. The Bertz CT molecular complexity index is 1110. The van der Waals surface area contributed by atoms with Crippen LogP contribution in [-0.2, 0) is 0 Å². The fourth-order valence-corrected chi connectivity index (χ4v) is 4.60. The van der Waals surface area contributed by atoms with E-state index in [2.05, 4.69) is 77.6 Å². The van der Waals surface area contributed by atoms with Crippen LogP contribution < -0.4 is 10.1 Å². The number of para-hydroxylation sites is 1. The highest BCUT2D eigenvalue weighted by molar-refractivity contribution is 5.82. The average Bonchev–Trinajstić information content (AvgIpc) is 3.32. The van der Waals surface area contributed by atoms with Crippen LogP contribution in [0.15, 0.2) is 103 Å². The van der Waals surface area contributed by atoms with Crippen molar-refractivity contribution >= 4 is 17.6 Å². The van der Waals surface area contributed by atoms with Gasteiger partial charge < -0.3 is 10.1 Å². The lowest BCUT2D eigenvalue weighted by atomic mass is 9.77. The molecule has 0 amide bonds. The average molecular weight is 407 g/mol. The molecule has 5 rings (SSSR count). The minimum Gasteiger partial charge on any atom is -0.490 e. The number of ether oxygens (including phenoxy) is 1. The summed E-state index contributed by atoms with van der Waals surface area (Å²) in [6.07, 6.45) is 9.45. The second-order valence-corrected chi connectivity index (χ2v) is 8.08. The Hall–Kier alpha value is -3.59. The molecule has 0 saturated heterocycles. The highest BCUT2D eigenvalue weighted by atomic mass is 16.5. The maximum absolute atomic E-state index is 5.52. The van der Waals surface area contributed by atoms with Gasteiger partial charge in [-0.25, -0.2) is 0 Å². The van der Waals surface area contributed by atoms with Crippen molar-refractivity contribution in [2.24, 2.45) is 10.9 Å². The van der Waals surface area contributed by atoms with E-state index in [4.69, 9.17) is 4.74 Å². The maximum atomic E-state index is 5.52. The quantitative estimate of drug-likeness (QED) is 0.360. The third kappa shape index (κ3) is 4.04. The third-order valence-electron chi connectivity index (χ3n) is 6.13. The number of hydrogen-bond acceptors (Lipinski definition) is 3. The van der Waals surface area contributed by atoms with Crippen LogP contribution in [0.2, 0.25) is 0 Å². The molecule has 3 aromatic rings. The van der Waals surface area contributed by atoms with Gasteiger partial charge in [0.05, 0.1) is 11.7 Å². The third-order valence-corrected chi connectivity index (χ3v) is 6.13. The molecule has 1 aliphatic carbocycles. The molecule has 0 radical (unpaired) electrons. The first-order valence-electron chi connectivity index (χ1n) is 10.8. The molecule has 1 heterocycles. The Morgan fingerprint density at radius 1 is 1.00 bits per heavy atom. The van der Waals surface area contributed by atoms with E-state index in [0.717, 1.165) is 23.4 Å². The van der Waals surface area contributed by atoms with Crippen molar-refractivity contribution in [1.82, 2.24) is 0 Å². The predicted octanol–water partition coefficient (Wildman–Crippen LogP) is 6.83. The first kappa shape index (κ1) is 19.4. The van der Waals surface area contributed by atoms with E-state index in [1.54, 1.807) is 6.08 Å². The SMILES string of the molecule is C=CCOc1ccc(C=Nc2ccc([C@@H]3Nc4ccccc4[C@H]4C=CC[C@H]43)cc2)cc1. The highest BCUT2D eigenvalue weighted by Crippen LogP contribution is 2.49. The lowest BCUT2D eigenvalue weighted by Crippen LogP contribution is -2.28. The van der Waals surface area contributed by atoms with E-state index in [1.165, 1.54) is 16.8 Å². The van der Waals surface area contributed by atoms with Gasteiger partial charge >= 0.3 is 0 Å². The van der Waals surface area contributed by atoms with Crippen LogP contribution in [0.4, 0.5) is 11.4 Å². The van der Waals surface area contributed by atoms with Crippen LogP contribution in [-0.4, -0.2) is 12.8 Å². The van der Waals surface area contributed by atoms with E-state index in [1.807, 2.05) is 30.5 Å². The molecule has 3 heteroatoms. The van der Waals surface area contributed by atoms with Crippen molar-refractivity contribution in [3.63, 3.8) is 0 Å². The first-order valence-corrected chi connectivity index (χ1v) is 10.8. The number of fused-ring (bicyclic) bond motifs is 3. The Labute approximate surface area is 183 Å². The lowest BCUT2D eigenvalue weighted by Gasteiger charge is -2.37. The Morgan fingerprint density at radius 3 is 2.61 bits per heavy atom. The summed E-state index contributed by atoms with van der Waals surface area (Å²) in [5, 5.41) is 3.79. The van der Waals surface area contributed by atoms with Crippen molar-refractivity contribution in [2.45, 2.75) is 18.4 Å². The molecule has 1 aliphatic heterocycles. The molecular formula is C28H26N2O. The largest absolute Gasteiger partial charge is 0.490 e. The molecule has 3 atom stereocenters.